The summed E-state index contributed by atoms with van der Waals surface area (Å²) in [5.74, 6) is 4.97. The van der Waals surface area contributed by atoms with Gasteiger partial charge in [0.05, 0.1) is 5.56 Å². The number of aromatic nitrogens is 2. The number of para-hydroxylation sites is 1. The van der Waals surface area contributed by atoms with E-state index in [-0.39, 0.29) is 17.7 Å². The fourth-order valence-corrected chi connectivity index (χ4v) is 1.17. The number of carbonyl (C=O) groups excluding carboxylic acids is 1. The van der Waals surface area contributed by atoms with Gasteiger partial charge in [-0.2, -0.15) is 0 Å². The zero-order chi connectivity index (χ0) is 12.3. The largest absolute Gasteiger partial charge is 0.507 e. The maximum Gasteiger partial charge on any atom is 0.336 e. The fourth-order valence-electron chi connectivity index (χ4n) is 1.17. The Morgan fingerprint density at radius 3 is 2.82 bits per heavy atom. The van der Waals surface area contributed by atoms with E-state index in [1.807, 2.05) is 5.43 Å². The van der Waals surface area contributed by atoms with Crippen molar-refractivity contribution in [2.75, 3.05) is 5.32 Å². The summed E-state index contributed by atoms with van der Waals surface area (Å²) < 4.78 is 5.11. The number of phenolic OH excluding ortho intramolecular Hbond substituents is 1. The van der Waals surface area contributed by atoms with E-state index >= 15 is 0 Å². The Kier molecular flexibility index (Phi) is 2.88. The van der Waals surface area contributed by atoms with Gasteiger partial charge < -0.3 is 9.52 Å². The summed E-state index contributed by atoms with van der Waals surface area (Å²) in [6.45, 7) is 0. The normalized spacial score (nSPS) is 9.94. The van der Waals surface area contributed by atoms with Crippen LogP contribution in [0, 0.1) is 0 Å². The van der Waals surface area contributed by atoms with Crippen molar-refractivity contribution in [1.82, 2.24) is 15.6 Å². The summed E-state index contributed by atoms with van der Waals surface area (Å²) in [6.07, 6.45) is 0. The van der Waals surface area contributed by atoms with Crippen molar-refractivity contribution in [2.24, 2.45) is 5.84 Å². The molecular formula is C9H9N5O3. The van der Waals surface area contributed by atoms with Crippen LogP contribution in [0.25, 0.3) is 11.5 Å². The predicted molar refractivity (Wildman–Crippen MR) is 57.7 cm³/mol. The molecule has 0 aliphatic heterocycles. The number of hydrogen-bond acceptors (Lipinski definition) is 6. The van der Waals surface area contributed by atoms with E-state index in [2.05, 4.69) is 15.5 Å². The number of carbonyl (C=O) groups is 1. The molecule has 0 bridgehead atoms. The number of hydrogen-bond donors (Lipinski definition) is 4. The van der Waals surface area contributed by atoms with E-state index in [1.54, 1.807) is 18.2 Å². The van der Waals surface area contributed by atoms with E-state index in [9.17, 15) is 9.90 Å². The lowest BCUT2D eigenvalue weighted by Crippen LogP contribution is -2.34. The van der Waals surface area contributed by atoms with E-state index in [0.29, 0.717) is 5.56 Å². The second-order valence-corrected chi connectivity index (χ2v) is 3.03. The van der Waals surface area contributed by atoms with Crippen molar-refractivity contribution < 1.29 is 14.3 Å². The minimum absolute atomic E-state index is 0.00553. The third-order valence-electron chi connectivity index (χ3n) is 1.91. The SMILES string of the molecule is NNC(=O)Nc1nnc(-c2ccccc2O)o1. The standard InChI is InChI=1S/C9H9N5O3/c10-12-8(16)11-9-14-13-7(17-9)5-3-1-2-4-6(5)15/h1-4,15H,10H2,(H2,11,12,14,16). The molecule has 1 heterocycles. The van der Waals surface area contributed by atoms with Crippen molar-refractivity contribution >= 4 is 12.0 Å². The first-order chi connectivity index (χ1) is 8.20. The van der Waals surface area contributed by atoms with E-state index < -0.39 is 6.03 Å². The van der Waals surface area contributed by atoms with Gasteiger partial charge >= 0.3 is 12.0 Å². The number of nitrogens with one attached hydrogen (secondary N) is 2. The zero-order valence-electron chi connectivity index (χ0n) is 8.54. The first-order valence-electron chi connectivity index (χ1n) is 4.60. The highest BCUT2D eigenvalue weighted by atomic mass is 16.4. The molecule has 8 heteroatoms. The summed E-state index contributed by atoms with van der Waals surface area (Å²) >= 11 is 0. The summed E-state index contributed by atoms with van der Waals surface area (Å²) in [5, 5.41) is 19.0. The smallest absolute Gasteiger partial charge is 0.336 e. The van der Waals surface area contributed by atoms with Crippen LogP contribution in [0.4, 0.5) is 10.8 Å². The lowest BCUT2D eigenvalue weighted by molar-refractivity contribution is 0.251. The second kappa shape index (κ2) is 4.49. The first kappa shape index (κ1) is 10.9. The van der Waals surface area contributed by atoms with Crippen molar-refractivity contribution in [3.8, 4) is 17.2 Å². The van der Waals surface area contributed by atoms with Gasteiger partial charge in [0, 0.05) is 0 Å². The van der Waals surface area contributed by atoms with Gasteiger partial charge in [0.25, 0.3) is 5.89 Å². The molecule has 8 nitrogen and oxygen atoms in total. The molecule has 0 saturated heterocycles. The zero-order valence-corrected chi connectivity index (χ0v) is 8.54. The number of benzene rings is 1. The minimum atomic E-state index is -0.683. The number of nitrogens with two attached hydrogens (primary N) is 1. The monoisotopic (exact) mass is 235 g/mol. The molecule has 0 atom stereocenters. The van der Waals surface area contributed by atoms with Crippen LogP contribution in [-0.2, 0) is 0 Å². The maximum atomic E-state index is 10.9. The molecule has 2 rings (SSSR count). The highest BCUT2D eigenvalue weighted by Crippen LogP contribution is 2.28. The molecule has 0 spiro atoms. The minimum Gasteiger partial charge on any atom is -0.507 e. The van der Waals surface area contributed by atoms with Gasteiger partial charge in [0.1, 0.15) is 5.75 Å². The molecule has 0 unspecified atom stereocenters. The molecule has 17 heavy (non-hydrogen) atoms. The van der Waals surface area contributed by atoms with E-state index in [1.165, 1.54) is 6.07 Å². The Balaban J connectivity index is 2.24. The Morgan fingerprint density at radius 1 is 1.35 bits per heavy atom. The van der Waals surface area contributed by atoms with Crippen LogP contribution in [-0.4, -0.2) is 21.3 Å². The van der Waals surface area contributed by atoms with Crippen LogP contribution < -0.4 is 16.6 Å². The molecule has 2 amide bonds. The van der Waals surface area contributed by atoms with Gasteiger partial charge in [0.2, 0.25) is 0 Å². The molecule has 1 aromatic carbocycles. The average Bonchev–Trinajstić information content (AvgIpc) is 2.78. The van der Waals surface area contributed by atoms with Gasteiger partial charge in [-0.1, -0.05) is 17.2 Å². The maximum absolute atomic E-state index is 10.9. The Hall–Kier alpha value is -2.61. The van der Waals surface area contributed by atoms with Crippen molar-refractivity contribution in [2.45, 2.75) is 0 Å². The molecule has 0 aliphatic rings. The van der Waals surface area contributed by atoms with Crippen LogP contribution in [0.5, 0.6) is 5.75 Å². The number of phenols is 1. The third kappa shape index (κ3) is 2.32. The van der Waals surface area contributed by atoms with Gasteiger partial charge in [-0.25, -0.2) is 10.6 Å². The third-order valence-corrected chi connectivity index (χ3v) is 1.91. The Bertz CT molecular complexity index is 539. The first-order valence-corrected chi connectivity index (χ1v) is 4.60. The summed E-state index contributed by atoms with van der Waals surface area (Å²) in [5.41, 5.74) is 2.22. The molecule has 0 aliphatic carbocycles. The van der Waals surface area contributed by atoms with Gasteiger partial charge in [0.15, 0.2) is 0 Å². The summed E-state index contributed by atoms with van der Waals surface area (Å²) in [4.78, 5) is 10.9. The fraction of sp³-hybridized carbons (Fsp3) is 0. The van der Waals surface area contributed by atoms with E-state index in [4.69, 9.17) is 10.3 Å². The van der Waals surface area contributed by atoms with Crippen LogP contribution >= 0.6 is 0 Å². The number of amides is 2. The van der Waals surface area contributed by atoms with Crippen molar-refractivity contribution in [1.29, 1.82) is 0 Å². The number of urea groups is 1. The molecule has 0 fully saturated rings. The Labute approximate surface area is 95.4 Å². The number of anilines is 1. The summed E-state index contributed by atoms with van der Waals surface area (Å²) in [6, 6.07) is 5.66. The van der Waals surface area contributed by atoms with Gasteiger partial charge in [-0.15, -0.1) is 5.10 Å². The molecular weight excluding hydrogens is 226 g/mol. The van der Waals surface area contributed by atoms with Crippen molar-refractivity contribution in [3.63, 3.8) is 0 Å². The molecule has 0 radical (unpaired) electrons. The molecule has 88 valence electrons. The van der Waals surface area contributed by atoms with E-state index in [0.717, 1.165) is 0 Å². The van der Waals surface area contributed by atoms with Crippen LogP contribution in [0.15, 0.2) is 28.7 Å². The number of aromatic hydroxyl groups is 1. The average molecular weight is 235 g/mol. The predicted octanol–water partition coefficient (Wildman–Crippen LogP) is 0.437. The van der Waals surface area contributed by atoms with Gasteiger partial charge in [-0.05, 0) is 12.1 Å². The van der Waals surface area contributed by atoms with Crippen LogP contribution in [0.3, 0.4) is 0 Å². The van der Waals surface area contributed by atoms with Crippen molar-refractivity contribution in [3.05, 3.63) is 24.3 Å². The highest BCUT2D eigenvalue weighted by Gasteiger charge is 2.12. The Morgan fingerprint density at radius 2 is 2.12 bits per heavy atom. The van der Waals surface area contributed by atoms with Crippen LogP contribution in [0.2, 0.25) is 0 Å². The molecule has 0 saturated carbocycles. The lowest BCUT2D eigenvalue weighted by Gasteiger charge is -1.98. The lowest BCUT2D eigenvalue weighted by atomic mass is 10.2. The topological polar surface area (TPSA) is 126 Å². The second-order valence-electron chi connectivity index (χ2n) is 3.03. The summed E-state index contributed by atoms with van der Waals surface area (Å²) in [7, 11) is 0. The van der Waals surface area contributed by atoms with Gasteiger partial charge in [-0.3, -0.25) is 10.7 Å². The number of hydrazine groups is 1. The highest BCUT2D eigenvalue weighted by molar-refractivity contribution is 5.86. The number of rotatable bonds is 2. The molecule has 2 aromatic rings. The molecule has 5 N–H and O–H groups in total. The molecule has 1 aromatic heterocycles. The van der Waals surface area contributed by atoms with Crippen LogP contribution in [0.1, 0.15) is 0 Å². The quantitative estimate of drug-likeness (QED) is 0.340. The number of nitrogens with zero attached hydrogens (tertiary/aromatic N) is 2.